The Morgan fingerprint density at radius 2 is 2.00 bits per heavy atom. The molecule has 0 radical (unpaired) electrons. The fourth-order valence-corrected chi connectivity index (χ4v) is 5.19. The van der Waals surface area contributed by atoms with Gasteiger partial charge in [-0.05, 0) is 62.2 Å². The molecule has 0 saturated carbocycles. The zero-order valence-corrected chi connectivity index (χ0v) is 24.2. The van der Waals surface area contributed by atoms with E-state index in [1.807, 2.05) is 24.3 Å². The van der Waals surface area contributed by atoms with Crippen LogP contribution in [0, 0.1) is 0 Å². The van der Waals surface area contributed by atoms with Gasteiger partial charge in [-0.1, -0.05) is 42.8 Å². The van der Waals surface area contributed by atoms with Gasteiger partial charge in [0.05, 0.1) is 23.5 Å². The highest BCUT2D eigenvalue weighted by Crippen LogP contribution is 2.43. The average Bonchev–Trinajstić information content (AvgIpc) is 2.93. The van der Waals surface area contributed by atoms with Crippen LogP contribution in [-0.4, -0.2) is 58.5 Å². The number of nitrogens with zero attached hydrogens (tertiary/aromatic N) is 3. The lowest BCUT2D eigenvalue weighted by Crippen LogP contribution is -2.31. The first-order valence-corrected chi connectivity index (χ1v) is 15.6. The van der Waals surface area contributed by atoms with E-state index < -0.39 is 7.60 Å². The molecule has 0 aliphatic carbocycles. The maximum absolute atomic E-state index is 12.0. The number of aromatic nitrogens is 2. The molecule has 1 unspecified atom stereocenters. The molecule has 9 nitrogen and oxygen atoms in total. The predicted molar refractivity (Wildman–Crippen MR) is 158 cm³/mol. The third-order valence-electron chi connectivity index (χ3n) is 6.34. The van der Waals surface area contributed by atoms with Crippen molar-refractivity contribution in [1.82, 2.24) is 14.9 Å². The fraction of sp³-hybridized carbons (Fsp3) is 0.345. The first-order chi connectivity index (χ1) is 19.2. The summed E-state index contributed by atoms with van der Waals surface area (Å²) in [4.78, 5) is 32.9. The second kappa shape index (κ2) is 13.9. The van der Waals surface area contributed by atoms with Gasteiger partial charge in [0.1, 0.15) is 0 Å². The number of ketones is 1. The predicted octanol–water partition coefficient (Wildman–Crippen LogP) is 6.29. The molecule has 0 spiro atoms. The van der Waals surface area contributed by atoms with Crippen molar-refractivity contribution < 1.29 is 23.5 Å². The highest BCUT2D eigenvalue weighted by atomic mass is 35.5. The summed E-state index contributed by atoms with van der Waals surface area (Å²) >= 11 is 6.43. The number of anilines is 2. The minimum atomic E-state index is -3.79. The Bertz CT molecular complexity index is 1390. The standard InChI is InChI=1S/C29H34ClN4O5P/c1-3-24(35)18-21-9-7-10-22(17-21)28-25(30)20-31-29(33-28)32-23-11-12-26(39-40(2,36)37)27(19-23)38-16-8-15-34-13-5-4-6-14-34/h3,7,9-12,17,19-20H,1,4-6,8,13-16,18H2,2H3,(H,36,37)(H,31,32,33). The van der Waals surface area contributed by atoms with Crippen LogP contribution in [0.2, 0.25) is 5.02 Å². The van der Waals surface area contributed by atoms with Crippen LogP contribution in [0.4, 0.5) is 11.6 Å². The van der Waals surface area contributed by atoms with Crippen LogP contribution in [0.3, 0.4) is 0 Å². The molecule has 2 heterocycles. The molecule has 1 saturated heterocycles. The number of piperidine rings is 1. The first kappa shape index (κ1) is 29.7. The van der Waals surface area contributed by atoms with E-state index in [2.05, 4.69) is 26.8 Å². The maximum Gasteiger partial charge on any atom is 0.373 e. The number of benzene rings is 2. The molecular formula is C29H34ClN4O5P. The number of likely N-dealkylation sites (tertiary alicyclic amines) is 1. The summed E-state index contributed by atoms with van der Waals surface area (Å²) in [5.41, 5.74) is 2.67. The molecule has 1 aliphatic heterocycles. The summed E-state index contributed by atoms with van der Waals surface area (Å²) in [5, 5.41) is 3.51. The van der Waals surface area contributed by atoms with Crippen molar-refractivity contribution in [3.63, 3.8) is 0 Å². The van der Waals surface area contributed by atoms with Gasteiger partial charge in [0.15, 0.2) is 17.3 Å². The minimum Gasteiger partial charge on any atom is -0.490 e. The van der Waals surface area contributed by atoms with Gasteiger partial charge in [0, 0.05) is 36.9 Å². The van der Waals surface area contributed by atoms with Crippen molar-refractivity contribution >= 4 is 36.6 Å². The summed E-state index contributed by atoms with van der Waals surface area (Å²) in [6, 6.07) is 12.4. The number of nitrogens with one attached hydrogen (secondary N) is 1. The molecule has 1 aromatic heterocycles. The smallest absolute Gasteiger partial charge is 0.373 e. The van der Waals surface area contributed by atoms with E-state index in [0.717, 1.165) is 43.8 Å². The van der Waals surface area contributed by atoms with Crippen LogP contribution < -0.4 is 14.6 Å². The van der Waals surface area contributed by atoms with Gasteiger partial charge in [-0.25, -0.2) is 14.5 Å². The minimum absolute atomic E-state index is 0.0779. The lowest BCUT2D eigenvalue weighted by atomic mass is 10.0. The molecule has 0 bridgehead atoms. The highest BCUT2D eigenvalue weighted by molar-refractivity contribution is 7.52. The second-order valence-corrected chi connectivity index (χ2v) is 11.9. The number of carbonyl (C=O) groups is 1. The van der Waals surface area contributed by atoms with Gasteiger partial charge in [-0.15, -0.1) is 0 Å². The molecule has 4 rings (SSSR count). The average molecular weight is 585 g/mol. The monoisotopic (exact) mass is 584 g/mol. The summed E-state index contributed by atoms with van der Waals surface area (Å²) < 4.78 is 23.2. The second-order valence-electron chi connectivity index (χ2n) is 9.72. The van der Waals surface area contributed by atoms with E-state index in [4.69, 9.17) is 20.9 Å². The number of hydrogen-bond donors (Lipinski definition) is 2. The van der Waals surface area contributed by atoms with Crippen molar-refractivity contribution in [2.24, 2.45) is 0 Å². The number of ether oxygens (including phenoxy) is 1. The van der Waals surface area contributed by atoms with Crippen LogP contribution in [-0.2, 0) is 15.8 Å². The topological polar surface area (TPSA) is 114 Å². The van der Waals surface area contributed by atoms with E-state index >= 15 is 0 Å². The Morgan fingerprint density at radius 3 is 2.75 bits per heavy atom. The van der Waals surface area contributed by atoms with Crippen molar-refractivity contribution in [2.45, 2.75) is 32.1 Å². The third kappa shape index (κ3) is 8.89. The zero-order valence-electron chi connectivity index (χ0n) is 22.5. The van der Waals surface area contributed by atoms with E-state index in [9.17, 15) is 14.3 Å². The zero-order chi connectivity index (χ0) is 28.5. The Morgan fingerprint density at radius 1 is 1.20 bits per heavy atom. The van der Waals surface area contributed by atoms with Gasteiger partial charge in [0.2, 0.25) is 5.95 Å². The summed E-state index contributed by atoms with van der Waals surface area (Å²) in [6.07, 6.45) is 7.60. The van der Waals surface area contributed by atoms with Gasteiger partial charge < -0.3 is 24.4 Å². The number of rotatable bonds is 13. The summed E-state index contributed by atoms with van der Waals surface area (Å²) in [6.45, 7) is 8.24. The molecule has 1 fully saturated rings. The molecule has 212 valence electrons. The maximum atomic E-state index is 12.0. The number of halogens is 1. The fourth-order valence-electron chi connectivity index (χ4n) is 4.47. The molecule has 40 heavy (non-hydrogen) atoms. The highest BCUT2D eigenvalue weighted by Gasteiger charge is 2.18. The van der Waals surface area contributed by atoms with Gasteiger partial charge in [0.25, 0.3) is 0 Å². The Hall–Kier alpha value is -3.23. The lowest BCUT2D eigenvalue weighted by Gasteiger charge is -2.26. The molecule has 2 N–H and O–H groups in total. The van der Waals surface area contributed by atoms with E-state index in [-0.39, 0.29) is 18.0 Å². The van der Waals surface area contributed by atoms with Crippen LogP contribution in [0.1, 0.15) is 31.2 Å². The lowest BCUT2D eigenvalue weighted by molar-refractivity contribution is -0.114. The van der Waals surface area contributed by atoms with Crippen molar-refractivity contribution in [2.75, 3.05) is 38.2 Å². The molecule has 3 aromatic rings. The Balaban J connectivity index is 1.50. The van der Waals surface area contributed by atoms with E-state index in [1.54, 1.807) is 18.2 Å². The number of carbonyl (C=O) groups excluding carboxylic acids is 1. The first-order valence-electron chi connectivity index (χ1n) is 13.2. The molecule has 2 aromatic carbocycles. The summed E-state index contributed by atoms with van der Waals surface area (Å²) in [5.74, 6) is 0.736. The Kier molecular flexibility index (Phi) is 10.3. The molecule has 11 heteroatoms. The largest absolute Gasteiger partial charge is 0.490 e. The normalized spacial score (nSPS) is 15.2. The Labute approximate surface area is 239 Å². The van der Waals surface area contributed by atoms with Crippen LogP contribution >= 0.6 is 19.2 Å². The quantitative estimate of drug-likeness (QED) is 0.136. The van der Waals surface area contributed by atoms with Crippen molar-refractivity contribution in [3.05, 3.63) is 71.9 Å². The third-order valence-corrected chi connectivity index (χ3v) is 7.16. The number of hydrogen-bond acceptors (Lipinski definition) is 8. The number of allylic oxidation sites excluding steroid dienone is 1. The van der Waals surface area contributed by atoms with Gasteiger partial charge >= 0.3 is 7.60 Å². The molecule has 0 amide bonds. The molecular weight excluding hydrogens is 551 g/mol. The van der Waals surface area contributed by atoms with E-state index in [0.29, 0.717) is 34.7 Å². The van der Waals surface area contributed by atoms with Crippen LogP contribution in [0.25, 0.3) is 11.3 Å². The van der Waals surface area contributed by atoms with Crippen molar-refractivity contribution in [1.29, 1.82) is 0 Å². The van der Waals surface area contributed by atoms with Gasteiger partial charge in [-0.3, -0.25) is 4.79 Å². The van der Waals surface area contributed by atoms with Gasteiger partial charge in [-0.2, -0.15) is 0 Å². The SMILES string of the molecule is C=CC(=O)Cc1cccc(-c2nc(Nc3ccc(OP(C)(=O)O)c(OCCCN4CCCCC4)c3)ncc2Cl)c1. The van der Waals surface area contributed by atoms with Crippen molar-refractivity contribution in [3.8, 4) is 22.8 Å². The summed E-state index contributed by atoms with van der Waals surface area (Å²) in [7, 11) is -3.79. The van der Waals surface area contributed by atoms with Crippen LogP contribution in [0.15, 0.2) is 61.3 Å². The molecule has 1 aliphatic rings. The molecule has 1 atom stereocenters. The van der Waals surface area contributed by atoms with E-state index in [1.165, 1.54) is 31.5 Å². The van der Waals surface area contributed by atoms with Crippen LogP contribution in [0.5, 0.6) is 11.5 Å².